The molecule has 1 aromatic rings. The van der Waals surface area contributed by atoms with Gasteiger partial charge in [-0.25, -0.2) is 4.99 Å². The Hall–Kier alpha value is -0.930. The molecule has 2 nitrogen and oxygen atoms in total. The molecule has 4 heteroatoms. The van der Waals surface area contributed by atoms with Gasteiger partial charge in [0.15, 0.2) is 5.17 Å². The van der Waals surface area contributed by atoms with Crippen molar-refractivity contribution in [1.29, 1.82) is 0 Å². The number of aryl methyl sites for hydroxylation is 1. The lowest BCUT2D eigenvalue weighted by Crippen LogP contribution is -2.16. The van der Waals surface area contributed by atoms with Crippen LogP contribution in [0.3, 0.4) is 0 Å². The maximum atomic E-state index is 4.53. The van der Waals surface area contributed by atoms with Crippen LogP contribution in [-0.2, 0) is 0 Å². The normalized spacial score (nSPS) is 14.6. The van der Waals surface area contributed by atoms with Crippen molar-refractivity contribution in [2.75, 3.05) is 12.8 Å². The molecule has 1 N–H and O–H groups in total. The van der Waals surface area contributed by atoms with Gasteiger partial charge in [-0.15, -0.1) is 12.4 Å². The minimum absolute atomic E-state index is 0. The van der Waals surface area contributed by atoms with Gasteiger partial charge in [0.1, 0.15) is 0 Å². The smallest absolute Gasteiger partial charge is 0.161 e. The first kappa shape index (κ1) is 13.1. The van der Waals surface area contributed by atoms with Gasteiger partial charge in [-0.05, 0) is 18.6 Å². The van der Waals surface area contributed by atoms with E-state index in [1.54, 1.807) is 11.8 Å². The number of hydrogen-bond donors (Lipinski definition) is 1. The molecule has 0 aliphatic carbocycles. The zero-order valence-corrected chi connectivity index (χ0v) is 11.0. The van der Waals surface area contributed by atoms with Crippen LogP contribution in [0.1, 0.15) is 11.1 Å². The summed E-state index contributed by atoms with van der Waals surface area (Å²) >= 11 is 1.73. The molecule has 0 bridgehead atoms. The Morgan fingerprint density at radius 1 is 1.25 bits per heavy atom. The molecule has 0 fully saturated rings. The Morgan fingerprint density at radius 3 is 2.56 bits per heavy atom. The quantitative estimate of drug-likeness (QED) is 0.833. The van der Waals surface area contributed by atoms with E-state index in [0.717, 1.165) is 16.6 Å². The number of amidine groups is 1. The second kappa shape index (κ2) is 5.97. The fourth-order valence-corrected chi connectivity index (χ4v) is 2.13. The number of nitrogens with one attached hydrogen (secondary N) is 1. The average molecular weight is 255 g/mol. The van der Waals surface area contributed by atoms with Crippen LogP contribution in [0.4, 0.5) is 0 Å². The first-order valence-corrected chi connectivity index (χ1v) is 5.94. The van der Waals surface area contributed by atoms with Gasteiger partial charge in [0, 0.05) is 12.8 Å². The zero-order valence-electron chi connectivity index (χ0n) is 9.36. The summed E-state index contributed by atoms with van der Waals surface area (Å²) in [7, 11) is 1.91. The summed E-state index contributed by atoms with van der Waals surface area (Å²) < 4.78 is 0. The molecule has 16 heavy (non-hydrogen) atoms. The van der Waals surface area contributed by atoms with Gasteiger partial charge in [0.25, 0.3) is 0 Å². The van der Waals surface area contributed by atoms with E-state index in [4.69, 9.17) is 0 Å². The molecule has 0 atom stereocenters. The van der Waals surface area contributed by atoms with E-state index in [9.17, 15) is 0 Å². The largest absolute Gasteiger partial charge is 0.368 e. The standard InChI is InChI=1S/C12H14N2S.ClH/c1-9-3-5-10(6-4-9)11-7-8-15-12(13-2)14-11;/h3-7H,8H2,1-2H3,(H,13,14);1H. The molecule has 0 radical (unpaired) electrons. The first-order chi connectivity index (χ1) is 7.29. The maximum absolute atomic E-state index is 4.53. The zero-order chi connectivity index (χ0) is 10.7. The second-order valence-corrected chi connectivity index (χ2v) is 4.44. The Kier molecular flexibility index (Phi) is 4.90. The minimum Gasteiger partial charge on any atom is -0.368 e. The number of halogens is 1. The van der Waals surface area contributed by atoms with Crippen LogP contribution in [0.5, 0.6) is 0 Å². The third-order valence-corrected chi connectivity index (χ3v) is 3.18. The van der Waals surface area contributed by atoms with Crippen molar-refractivity contribution in [3.05, 3.63) is 41.5 Å². The highest BCUT2D eigenvalue weighted by Crippen LogP contribution is 2.23. The van der Waals surface area contributed by atoms with Crippen molar-refractivity contribution in [3.8, 4) is 0 Å². The van der Waals surface area contributed by atoms with Gasteiger partial charge in [-0.2, -0.15) is 0 Å². The number of thioether (sulfide) groups is 1. The lowest BCUT2D eigenvalue weighted by atomic mass is 10.1. The molecule has 0 unspecified atom stereocenters. The van der Waals surface area contributed by atoms with Crippen molar-refractivity contribution in [2.24, 2.45) is 4.99 Å². The molecular weight excluding hydrogens is 240 g/mol. The van der Waals surface area contributed by atoms with Gasteiger partial charge in [0.2, 0.25) is 0 Å². The predicted octanol–water partition coefficient (Wildman–Crippen LogP) is 3.08. The van der Waals surface area contributed by atoms with Crippen LogP contribution >= 0.6 is 24.2 Å². The highest BCUT2D eigenvalue weighted by atomic mass is 35.5. The van der Waals surface area contributed by atoms with Crippen molar-refractivity contribution >= 4 is 35.0 Å². The maximum Gasteiger partial charge on any atom is 0.161 e. The molecule has 0 amide bonds. The van der Waals surface area contributed by atoms with Crippen LogP contribution < -0.4 is 5.32 Å². The fourth-order valence-electron chi connectivity index (χ4n) is 1.42. The third kappa shape index (κ3) is 3.03. The van der Waals surface area contributed by atoms with E-state index >= 15 is 0 Å². The molecule has 0 saturated carbocycles. The minimum atomic E-state index is 0. The molecule has 2 rings (SSSR count). The SMILES string of the molecule is CNC1=NC(c2ccc(C)cc2)=CCS1.Cl. The van der Waals surface area contributed by atoms with Gasteiger partial charge >= 0.3 is 0 Å². The van der Waals surface area contributed by atoms with E-state index in [0.29, 0.717) is 0 Å². The molecule has 0 aromatic heterocycles. The van der Waals surface area contributed by atoms with E-state index in [2.05, 4.69) is 47.6 Å². The summed E-state index contributed by atoms with van der Waals surface area (Å²) in [5.74, 6) is 0.989. The van der Waals surface area contributed by atoms with Crippen molar-refractivity contribution < 1.29 is 0 Å². The highest BCUT2D eigenvalue weighted by Gasteiger charge is 2.07. The Morgan fingerprint density at radius 2 is 1.94 bits per heavy atom. The molecule has 0 spiro atoms. The molecule has 86 valence electrons. The van der Waals surface area contributed by atoms with Crippen LogP contribution in [-0.4, -0.2) is 18.0 Å². The molecule has 0 saturated heterocycles. The number of rotatable bonds is 1. The lowest BCUT2D eigenvalue weighted by molar-refractivity contribution is 1.19. The van der Waals surface area contributed by atoms with Crippen LogP contribution in [0, 0.1) is 6.92 Å². The van der Waals surface area contributed by atoms with Crippen molar-refractivity contribution in [1.82, 2.24) is 5.32 Å². The topological polar surface area (TPSA) is 24.4 Å². The molecule has 1 heterocycles. The van der Waals surface area contributed by atoms with E-state index < -0.39 is 0 Å². The summed E-state index contributed by atoms with van der Waals surface area (Å²) in [5.41, 5.74) is 3.54. The van der Waals surface area contributed by atoms with Gasteiger partial charge in [-0.1, -0.05) is 41.6 Å². The Balaban J connectivity index is 0.00000128. The first-order valence-electron chi connectivity index (χ1n) is 4.96. The van der Waals surface area contributed by atoms with E-state index in [1.165, 1.54) is 11.1 Å². The predicted molar refractivity (Wildman–Crippen MR) is 75.4 cm³/mol. The molecule has 1 aliphatic rings. The second-order valence-electron chi connectivity index (χ2n) is 3.43. The van der Waals surface area contributed by atoms with Crippen molar-refractivity contribution in [2.45, 2.75) is 6.92 Å². The van der Waals surface area contributed by atoms with E-state index in [-0.39, 0.29) is 12.4 Å². The lowest BCUT2D eigenvalue weighted by Gasteiger charge is -2.12. The molecule has 1 aromatic carbocycles. The summed E-state index contributed by atoms with van der Waals surface area (Å²) in [6.45, 7) is 2.09. The fraction of sp³-hybridized carbons (Fsp3) is 0.250. The molecular formula is C12H15ClN2S. The van der Waals surface area contributed by atoms with Gasteiger partial charge in [-0.3, -0.25) is 0 Å². The summed E-state index contributed by atoms with van der Waals surface area (Å²) in [6, 6.07) is 8.47. The Labute approximate surface area is 107 Å². The van der Waals surface area contributed by atoms with Crippen molar-refractivity contribution in [3.63, 3.8) is 0 Å². The van der Waals surface area contributed by atoms with Gasteiger partial charge < -0.3 is 5.32 Å². The van der Waals surface area contributed by atoms with Crippen LogP contribution in [0.25, 0.3) is 5.70 Å². The number of aliphatic imine (C=N–C) groups is 1. The summed E-state index contributed by atoms with van der Waals surface area (Å²) in [5, 5.41) is 4.08. The summed E-state index contributed by atoms with van der Waals surface area (Å²) in [6.07, 6.45) is 2.16. The summed E-state index contributed by atoms with van der Waals surface area (Å²) in [4.78, 5) is 4.53. The molecule has 1 aliphatic heterocycles. The van der Waals surface area contributed by atoms with Crippen LogP contribution in [0.15, 0.2) is 35.3 Å². The monoisotopic (exact) mass is 254 g/mol. The van der Waals surface area contributed by atoms with Gasteiger partial charge in [0.05, 0.1) is 5.70 Å². The number of nitrogens with zero attached hydrogens (tertiary/aromatic N) is 1. The van der Waals surface area contributed by atoms with Crippen LogP contribution in [0.2, 0.25) is 0 Å². The highest BCUT2D eigenvalue weighted by molar-refractivity contribution is 8.14. The number of benzene rings is 1. The van der Waals surface area contributed by atoms with E-state index in [1.807, 2.05) is 7.05 Å². The third-order valence-electron chi connectivity index (χ3n) is 2.28. The average Bonchev–Trinajstić information content (AvgIpc) is 2.30. The Bertz CT molecular complexity index is 410. The number of hydrogen-bond acceptors (Lipinski definition) is 3.